The lowest BCUT2D eigenvalue weighted by molar-refractivity contribution is 0.174. The van der Waals surface area contributed by atoms with Gasteiger partial charge in [0.15, 0.2) is 17.3 Å². The van der Waals surface area contributed by atoms with E-state index in [0.29, 0.717) is 23.7 Å². The SMILES string of the molecule is Cc1cc(C2CCCN2C(=O)Nc2ccc3c(c2)OCO3)on1. The maximum Gasteiger partial charge on any atom is 0.322 e. The maximum absolute atomic E-state index is 12.6. The highest BCUT2D eigenvalue weighted by Gasteiger charge is 2.32. The second kappa shape index (κ2) is 5.49. The number of aryl methyl sites for hydroxylation is 1. The van der Waals surface area contributed by atoms with Gasteiger partial charge in [0.1, 0.15) is 0 Å². The summed E-state index contributed by atoms with van der Waals surface area (Å²) in [5.74, 6) is 2.08. The van der Waals surface area contributed by atoms with Crippen LogP contribution in [-0.4, -0.2) is 29.4 Å². The van der Waals surface area contributed by atoms with E-state index in [9.17, 15) is 4.79 Å². The molecule has 0 spiro atoms. The van der Waals surface area contributed by atoms with Crippen molar-refractivity contribution < 1.29 is 18.8 Å². The molecule has 2 aromatic rings. The second-order valence-corrected chi connectivity index (χ2v) is 5.72. The highest BCUT2D eigenvalue weighted by atomic mass is 16.7. The summed E-state index contributed by atoms with van der Waals surface area (Å²) >= 11 is 0. The van der Waals surface area contributed by atoms with Crippen LogP contribution in [0.25, 0.3) is 0 Å². The first-order valence-electron chi connectivity index (χ1n) is 7.61. The Kier molecular flexibility index (Phi) is 3.33. The Bertz CT molecular complexity index is 743. The van der Waals surface area contributed by atoms with Gasteiger partial charge >= 0.3 is 6.03 Å². The number of urea groups is 1. The summed E-state index contributed by atoms with van der Waals surface area (Å²) in [7, 11) is 0. The average molecular weight is 315 g/mol. The number of carbonyl (C=O) groups excluding carboxylic acids is 1. The third-order valence-electron chi connectivity index (χ3n) is 4.11. The van der Waals surface area contributed by atoms with Gasteiger partial charge in [0.2, 0.25) is 6.79 Å². The van der Waals surface area contributed by atoms with Crippen LogP contribution in [0, 0.1) is 6.92 Å². The Labute approximate surface area is 133 Å². The van der Waals surface area contributed by atoms with Gasteiger partial charge in [-0.15, -0.1) is 0 Å². The van der Waals surface area contributed by atoms with E-state index in [0.717, 1.165) is 24.3 Å². The molecule has 7 nitrogen and oxygen atoms in total. The highest BCUT2D eigenvalue weighted by molar-refractivity contribution is 5.90. The van der Waals surface area contributed by atoms with Crippen molar-refractivity contribution in [2.24, 2.45) is 0 Å². The van der Waals surface area contributed by atoms with Crippen LogP contribution in [0.4, 0.5) is 10.5 Å². The Balaban J connectivity index is 1.50. The van der Waals surface area contributed by atoms with Gasteiger partial charge in [-0.3, -0.25) is 0 Å². The molecule has 2 aliphatic heterocycles. The number of nitrogens with zero attached hydrogens (tertiary/aromatic N) is 2. The second-order valence-electron chi connectivity index (χ2n) is 5.72. The molecule has 0 radical (unpaired) electrons. The molecule has 1 N–H and O–H groups in total. The number of amides is 2. The number of ether oxygens (including phenoxy) is 2. The fraction of sp³-hybridized carbons (Fsp3) is 0.375. The van der Waals surface area contributed by atoms with Crippen LogP contribution in [0.3, 0.4) is 0 Å². The molecule has 1 atom stereocenters. The molecule has 0 saturated carbocycles. The molecule has 1 aromatic heterocycles. The minimum atomic E-state index is -0.152. The van der Waals surface area contributed by atoms with Crippen molar-refractivity contribution in [3.05, 3.63) is 35.7 Å². The van der Waals surface area contributed by atoms with Gasteiger partial charge in [-0.2, -0.15) is 0 Å². The van der Waals surface area contributed by atoms with Crippen molar-refractivity contribution in [1.82, 2.24) is 10.1 Å². The number of likely N-dealkylation sites (tertiary alicyclic amines) is 1. The molecule has 0 aliphatic carbocycles. The topological polar surface area (TPSA) is 76.8 Å². The molecule has 0 bridgehead atoms. The monoisotopic (exact) mass is 315 g/mol. The van der Waals surface area contributed by atoms with Crippen molar-refractivity contribution in [1.29, 1.82) is 0 Å². The van der Waals surface area contributed by atoms with Crippen LogP contribution < -0.4 is 14.8 Å². The summed E-state index contributed by atoms with van der Waals surface area (Å²) in [5.41, 5.74) is 1.50. The van der Waals surface area contributed by atoms with Gasteiger partial charge < -0.3 is 24.2 Å². The Morgan fingerprint density at radius 3 is 3.00 bits per heavy atom. The quantitative estimate of drug-likeness (QED) is 0.921. The number of carbonyl (C=O) groups is 1. The van der Waals surface area contributed by atoms with Crippen LogP contribution in [0.15, 0.2) is 28.8 Å². The zero-order valence-corrected chi connectivity index (χ0v) is 12.7. The van der Waals surface area contributed by atoms with E-state index >= 15 is 0 Å². The first-order valence-corrected chi connectivity index (χ1v) is 7.61. The zero-order chi connectivity index (χ0) is 15.8. The lowest BCUT2D eigenvalue weighted by Crippen LogP contribution is -2.34. The van der Waals surface area contributed by atoms with Crippen molar-refractivity contribution in [2.75, 3.05) is 18.7 Å². The fourth-order valence-corrected chi connectivity index (χ4v) is 3.02. The molecular weight excluding hydrogens is 298 g/mol. The fourth-order valence-electron chi connectivity index (χ4n) is 3.02. The molecule has 1 fully saturated rings. The van der Waals surface area contributed by atoms with Gasteiger partial charge in [0.05, 0.1) is 11.7 Å². The Morgan fingerprint density at radius 1 is 1.30 bits per heavy atom. The number of hydrogen-bond acceptors (Lipinski definition) is 5. The lowest BCUT2D eigenvalue weighted by atomic mass is 10.1. The molecule has 2 amide bonds. The summed E-state index contributed by atoms with van der Waals surface area (Å²) in [6.07, 6.45) is 1.82. The van der Waals surface area contributed by atoms with E-state index in [1.807, 2.05) is 13.0 Å². The molecule has 1 unspecified atom stereocenters. The van der Waals surface area contributed by atoms with Crippen LogP contribution in [0.5, 0.6) is 11.5 Å². The number of aromatic nitrogens is 1. The maximum atomic E-state index is 12.6. The number of benzene rings is 1. The largest absolute Gasteiger partial charge is 0.454 e. The summed E-state index contributed by atoms with van der Waals surface area (Å²) in [6.45, 7) is 2.78. The van der Waals surface area contributed by atoms with Crippen LogP contribution in [-0.2, 0) is 0 Å². The Morgan fingerprint density at radius 2 is 2.17 bits per heavy atom. The smallest absolute Gasteiger partial charge is 0.322 e. The molecule has 23 heavy (non-hydrogen) atoms. The van der Waals surface area contributed by atoms with Crippen LogP contribution in [0.1, 0.15) is 30.3 Å². The van der Waals surface area contributed by atoms with E-state index in [2.05, 4.69) is 10.5 Å². The van der Waals surface area contributed by atoms with Crippen molar-refractivity contribution in [3.63, 3.8) is 0 Å². The summed E-state index contributed by atoms with van der Waals surface area (Å²) in [5, 5.41) is 6.82. The van der Waals surface area contributed by atoms with Crippen LogP contribution >= 0.6 is 0 Å². The first-order chi connectivity index (χ1) is 11.2. The number of nitrogens with one attached hydrogen (secondary N) is 1. The van der Waals surface area contributed by atoms with Gasteiger partial charge in [0.25, 0.3) is 0 Å². The zero-order valence-electron chi connectivity index (χ0n) is 12.7. The van der Waals surface area contributed by atoms with E-state index in [1.54, 1.807) is 23.1 Å². The highest BCUT2D eigenvalue weighted by Crippen LogP contribution is 2.36. The molecule has 1 aromatic carbocycles. The van der Waals surface area contributed by atoms with Gasteiger partial charge in [0, 0.05) is 24.4 Å². The van der Waals surface area contributed by atoms with Crippen LogP contribution in [0.2, 0.25) is 0 Å². The van der Waals surface area contributed by atoms with Crippen molar-refractivity contribution in [3.8, 4) is 11.5 Å². The van der Waals surface area contributed by atoms with Gasteiger partial charge in [-0.25, -0.2) is 4.79 Å². The molecule has 1 saturated heterocycles. The normalized spacial score (nSPS) is 19.2. The molecule has 3 heterocycles. The number of anilines is 1. The summed E-state index contributed by atoms with van der Waals surface area (Å²) < 4.78 is 15.9. The van der Waals surface area contributed by atoms with E-state index < -0.39 is 0 Å². The van der Waals surface area contributed by atoms with Crippen molar-refractivity contribution in [2.45, 2.75) is 25.8 Å². The number of rotatable bonds is 2. The average Bonchev–Trinajstić information content (AvgIpc) is 3.26. The molecule has 7 heteroatoms. The van der Waals surface area contributed by atoms with E-state index in [-0.39, 0.29) is 18.9 Å². The third-order valence-corrected chi connectivity index (χ3v) is 4.11. The molecule has 2 aliphatic rings. The molecule has 4 rings (SSSR count). The third kappa shape index (κ3) is 2.58. The first kappa shape index (κ1) is 13.9. The van der Waals surface area contributed by atoms with Crippen molar-refractivity contribution >= 4 is 11.7 Å². The summed E-state index contributed by atoms with van der Waals surface area (Å²) in [6, 6.07) is 7.03. The van der Waals surface area contributed by atoms with Gasteiger partial charge in [-0.05, 0) is 31.9 Å². The standard InChI is InChI=1S/C16H17N3O4/c1-10-7-14(23-18-10)12-3-2-6-19(12)16(20)17-11-4-5-13-15(8-11)22-9-21-13/h4-5,7-8,12H,2-3,6,9H2,1H3,(H,17,20). The van der Waals surface area contributed by atoms with E-state index in [4.69, 9.17) is 14.0 Å². The Hall–Kier alpha value is -2.70. The molecule has 120 valence electrons. The predicted octanol–water partition coefficient (Wildman–Crippen LogP) is 3.08. The number of hydrogen-bond donors (Lipinski definition) is 1. The van der Waals surface area contributed by atoms with Gasteiger partial charge in [-0.1, -0.05) is 5.16 Å². The minimum absolute atomic E-state index is 0.0646. The number of fused-ring (bicyclic) bond motifs is 1. The minimum Gasteiger partial charge on any atom is -0.454 e. The molecular formula is C16H17N3O4. The predicted molar refractivity (Wildman–Crippen MR) is 81.5 cm³/mol. The lowest BCUT2D eigenvalue weighted by Gasteiger charge is -2.23. The summed E-state index contributed by atoms with van der Waals surface area (Å²) in [4.78, 5) is 14.4. The van der Waals surface area contributed by atoms with E-state index in [1.165, 1.54) is 0 Å².